The Balaban J connectivity index is 1.51. The highest BCUT2D eigenvalue weighted by atomic mass is 16.5. The molecule has 0 aliphatic carbocycles. The summed E-state index contributed by atoms with van der Waals surface area (Å²) in [6, 6.07) is 10.2. The number of ether oxygens (including phenoxy) is 1. The lowest BCUT2D eigenvalue weighted by molar-refractivity contribution is -0.0510. The van der Waals surface area contributed by atoms with Gasteiger partial charge in [-0.05, 0) is 87.4 Å². The highest BCUT2D eigenvalue weighted by molar-refractivity contribution is 5.99. The van der Waals surface area contributed by atoms with Gasteiger partial charge in [0.25, 0.3) is 5.91 Å². The molecule has 0 spiro atoms. The molecule has 1 saturated heterocycles. The third-order valence-corrected chi connectivity index (χ3v) is 8.38. The minimum absolute atomic E-state index is 0.0165. The van der Waals surface area contributed by atoms with E-state index in [1.165, 1.54) is 6.20 Å². The van der Waals surface area contributed by atoms with Gasteiger partial charge in [0, 0.05) is 55.4 Å². The number of rotatable bonds is 8. The number of hydrogen-bond donors (Lipinski definition) is 1. The lowest BCUT2D eigenvalue weighted by atomic mass is 9.86. The molecule has 2 aliphatic heterocycles. The maximum atomic E-state index is 14.1. The van der Waals surface area contributed by atoms with E-state index in [0.717, 1.165) is 58.5 Å². The maximum Gasteiger partial charge on any atom is 0.254 e. The van der Waals surface area contributed by atoms with E-state index in [4.69, 9.17) is 4.74 Å². The van der Waals surface area contributed by atoms with Crippen LogP contribution in [0.2, 0.25) is 0 Å². The first kappa shape index (κ1) is 27.8. The van der Waals surface area contributed by atoms with Crippen molar-refractivity contribution in [3.05, 3.63) is 75.9 Å². The van der Waals surface area contributed by atoms with Crippen LogP contribution in [-0.2, 0) is 12.8 Å². The second-order valence-electron chi connectivity index (χ2n) is 10.9. The fourth-order valence-corrected chi connectivity index (χ4v) is 5.78. The topological polar surface area (TPSA) is 103 Å². The molecule has 1 fully saturated rings. The molecule has 40 heavy (non-hydrogen) atoms. The Kier molecular flexibility index (Phi) is 7.88. The quantitative estimate of drug-likeness (QED) is 0.453. The monoisotopic (exact) mass is 539 g/mol. The first-order valence-electron chi connectivity index (χ1n) is 14.1. The molecular formula is C32H37N5O3. The highest BCUT2D eigenvalue weighted by Gasteiger charge is 2.34. The smallest absolute Gasteiger partial charge is 0.254 e. The minimum atomic E-state index is -0.284. The Labute approximate surface area is 236 Å². The first-order chi connectivity index (χ1) is 19.2. The van der Waals surface area contributed by atoms with Crippen molar-refractivity contribution in [1.82, 2.24) is 19.8 Å². The lowest BCUT2D eigenvalue weighted by Gasteiger charge is -2.43. The van der Waals surface area contributed by atoms with Gasteiger partial charge in [-0.1, -0.05) is 6.07 Å². The van der Waals surface area contributed by atoms with E-state index >= 15 is 0 Å². The van der Waals surface area contributed by atoms with Gasteiger partial charge in [-0.3, -0.25) is 19.7 Å². The summed E-state index contributed by atoms with van der Waals surface area (Å²) in [4.78, 5) is 27.2. The number of fused-ring (bicyclic) bond motifs is 1. The Morgan fingerprint density at radius 3 is 2.62 bits per heavy atom. The number of nitriles is 1. The van der Waals surface area contributed by atoms with Crippen LogP contribution in [0.1, 0.15) is 70.8 Å². The molecule has 0 bridgehead atoms. The van der Waals surface area contributed by atoms with Crippen molar-refractivity contribution in [3.63, 3.8) is 0 Å². The molecule has 5 rings (SSSR count). The summed E-state index contributed by atoms with van der Waals surface area (Å²) in [7, 11) is 0. The molecule has 0 saturated carbocycles. The van der Waals surface area contributed by atoms with Crippen LogP contribution in [0.25, 0.3) is 11.1 Å². The van der Waals surface area contributed by atoms with E-state index in [2.05, 4.69) is 46.1 Å². The second-order valence-corrected chi connectivity index (χ2v) is 10.9. The third kappa shape index (κ3) is 5.19. The summed E-state index contributed by atoms with van der Waals surface area (Å²) in [6.07, 6.45) is 4.68. The number of carbonyl (C=O) groups excluding carboxylic acids is 1. The number of β-amino-alcohol motifs (C(OH)–C–C–N with tert-alkyl or cyclic N) is 1. The van der Waals surface area contributed by atoms with E-state index in [1.807, 2.05) is 38.8 Å². The number of carbonyl (C=O) groups is 1. The molecule has 3 atom stereocenters. The molecule has 0 unspecified atom stereocenters. The molecule has 2 aromatic heterocycles. The normalized spacial score (nSPS) is 19.5. The summed E-state index contributed by atoms with van der Waals surface area (Å²) in [6.45, 7) is 12.5. The van der Waals surface area contributed by atoms with Crippen LogP contribution in [0.4, 0.5) is 0 Å². The first-order valence-corrected chi connectivity index (χ1v) is 14.1. The van der Waals surface area contributed by atoms with Crippen molar-refractivity contribution in [2.24, 2.45) is 0 Å². The minimum Gasteiger partial charge on any atom is -0.492 e. The van der Waals surface area contributed by atoms with Gasteiger partial charge in [-0.2, -0.15) is 5.26 Å². The van der Waals surface area contributed by atoms with Crippen molar-refractivity contribution in [2.45, 2.75) is 65.6 Å². The van der Waals surface area contributed by atoms with Crippen LogP contribution >= 0.6 is 0 Å². The molecule has 4 heterocycles. The average Bonchev–Trinajstić information content (AvgIpc) is 2.96. The summed E-state index contributed by atoms with van der Waals surface area (Å²) in [5.41, 5.74) is 8.22. The zero-order chi connectivity index (χ0) is 28.6. The van der Waals surface area contributed by atoms with Crippen molar-refractivity contribution < 1.29 is 14.6 Å². The molecule has 8 heteroatoms. The van der Waals surface area contributed by atoms with Gasteiger partial charge in [-0.25, -0.2) is 0 Å². The summed E-state index contributed by atoms with van der Waals surface area (Å²) in [5.74, 6) is 0.474. The van der Waals surface area contributed by atoms with E-state index in [0.29, 0.717) is 36.7 Å². The number of aryl methyl sites for hydroxylation is 2. The zero-order valence-electron chi connectivity index (χ0n) is 23.9. The van der Waals surface area contributed by atoms with Crippen LogP contribution in [-0.4, -0.2) is 69.2 Å². The number of pyridine rings is 2. The molecule has 208 valence electrons. The summed E-state index contributed by atoms with van der Waals surface area (Å²) in [5, 5.41) is 19.4. The van der Waals surface area contributed by atoms with Crippen molar-refractivity contribution >= 4 is 5.91 Å². The SMILES string of the molecule is CCOc1cc([C@@H](C)N2CCc3c(cc(CCN4C[C@@H](O)[C@H]4C)cc3-c3cc(C)ncc3C)C2=O)ncc1C#N. The van der Waals surface area contributed by atoms with E-state index in [1.54, 1.807) is 6.07 Å². The number of amides is 1. The van der Waals surface area contributed by atoms with E-state index < -0.39 is 0 Å². The van der Waals surface area contributed by atoms with Crippen LogP contribution in [0.15, 0.2) is 36.7 Å². The Bertz CT molecular complexity index is 1480. The fourth-order valence-electron chi connectivity index (χ4n) is 5.78. The van der Waals surface area contributed by atoms with Gasteiger partial charge < -0.3 is 14.7 Å². The molecule has 3 aromatic rings. The number of benzene rings is 1. The van der Waals surface area contributed by atoms with Crippen molar-refractivity contribution in [3.8, 4) is 22.9 Å². The predicted octanol–water partition coefficient (Wildman–Crippen LogP) is 4.40. The third-order valence-electron chi connectivity index (χ3n) is 8.38. The van der Waals surface area contributed by atoms with Crippen molar-refractivity contribution in [2.75, 3.05) is 26.2 Å². The zero-order valence-corrected chi connectivity index (χ0v) is 23.9. The molecule has 1 N–H and O–H groups in total. The number of aliphatic hydroxyl groups is 1. The summed E-state index contributed by atoms with van der Waals surface area (Å²) < 4.78 is 5.67. The van der Waals surface area contributed by atoms with Gasteiger partial charge in [-0.15, -0.1) is 0 Å². The molecule has 1 aromatic carbocycles. The molecule has 2 aliphatic rings. The number of aromatic nitrogens is 2. The number of nitrogens with zero attached hydrogens (tertiary/aromatic N) is 5. The highest BCUT2D eigenvalue weighted by Crippen LogP contribution is 2.37. The van der Waals surface area contributed by atoms with Gasteiger partial charge >= 0.3 is 0 Å². The van der Waals surface area contributed by atoms with Gasteiger partial charge in [0.15, 0.2) is 0 Å². The molecule has 0 radical (unpaired) electrons. The lowest BCUT2D eigenvalue weighted by Crippen LogP contribution is -2.58. The average molecular weight is 540 g/mol. The number of likely N-dealkylation sites (tertiary alicyclic amines) is 1. The predicted molar refractivity (Wildman–Crippen MR) is 153 cm³/mol. The van der Waals surface area contributed by atoms with E-state index in [9.17, 15) is 15.2 Å². The van der Waals surface area contributed by atoms with E-state index in [-0.39, 0.29) is 24.1 Å². The van der Waals surface area contributed by atoms with Crippen LogP contribution < -0.4 is 4.74 Å². The van der Waals surface area contributed by atoms with Crippen molar-refractivity contribution in [1.29, 1.82) is 5.26 Å². The Hall–Kier alpha value is -3.80. The molecule has 8 nitrogen and oxygen atoms in total. The number of aliphatic hydroxyl groups excluding tert-OH is 1. The standard InChI is InChI=1S/C32H37N5O3/c1-6-40-31-14-29(35-17-24(31)15-33)21(4)37-10-8-25-27(26-11-20(3)34-16-19(26)2)12-23(13-28(25)32(37)39)7-9-36-18-30(38)22(36)5/h11-14,16-17,21-22,30,38H,6-10,18H2,1-5H3/t21-,22-,30-/m1/s1. The number of hydrogen-bond acceptors (Lipinski definition) is 7. The second kappa shape index (κ2) is 11.4. The van der Waals surface area contributed by atoms with Gasteiger partial charge in [0.2, 0.25) is 0 Å². The van der Waals surface area contributed by atoms with Gasteiger partial charge in [0.05, 0.1) is 24.4 Å². The molecule has 1 amide bonds. The molecular weight excluding hydrogens is 502 g/mol. The largest absolute Gasteiger partial charge is 0.492 e. The van der Waals surface area contributed by atoms with Crippen LogP contribution in [0, 0.1) is 25.2 Å². The maximum absolute atomic E-state index is 14.1. The Morgan fingerprint density at radius 2 is 1.93 bits per heavy atom. The fraction of sp³-hybridized carbons (Fsp3) is 0.438. The van der Waals surface area contributed by atoms with Crippen LogP contribution in [0.5, 0.6) is 5.75 Å². The Morgan fingerprint density at radius 1 is 1.15 bits per heavy atom. The van der Waals surface area contributed by atoms with Crippen LogP contribution in [0.3, 0.4) is 0 Å². The summed E-state index contributed by atoms with van der Waals surface area (Å²) >= 11 is 0. The van der Waals surface area contributed by atoms with Gasteiger partial charge in [0.1, 0.15) is 17.4 Å².